The Balaban J connectivity index is 1.44. The fourth-order valence-corrected chi connectivity index (χ4v) is 3.64. The molecule has 2 N–H and O–H groups in total. The summed E-state index contributed by atoms with van der Waals surface area (Å²) in [4.78, 5) is 12.3. The summed E-state index contributed by atoms with van der Waals surface area (Å²) in [5, 5.41) is 6.48. The van der Waals surface area contributed by atoms with E-state index in [0.29, 0.717) is 0 Å². The highest BCUT2D eigenvalue weighted by Gasteiger charge is 2.23. The van der Waals surface area contributed by atoms with E-state index < -0.39 is 0 Å². The number of hydrogen-bond acceptors (Lipinski definition) is 2. The van der Waals surface area contributed by atoms with Gasteiger partial charge in [0, 0.05) is 13.1 Å². The summed E-state index contributed by atoms with van der Waals surface area (Å²) in [5.41, 5.74) is 2.63. The molecule has 0 unspecified atom stereocenters. The monoisotopic (exact) mass is 286 g/mol. The molecule has 114 valence electrons. The number of carbonyl (C=O) groups is 1. The molecule has 21 heavy (non-hydrogen) atoms. The molecular formula is C18H26N2O. The second kappa shape index (κ2) is 7.08. The van der Waals surface area contributed by atoms with Crippen LogP contribution in [-0.4, -0.2) is 18.5 Å². The average molecular weight is 286 g/mol. The van der Waals surface area contributed by atoms with E-state index in [1.54, 1.807) is 0 Å². The lowest BCUT2D eigenvalue weighted by Crippen LogP contribution is -2.48. The van der Waals surface area contributed by atoms with Crippen molar-refractivity contribution in [1.29, 1.82) is 0 Å². The van der Waals surface area contributed by atoms with Gasteiger partial charge in [-0.25, -0.2) is 0 Å². The summed E-state index contributed by atoms with van der Waals surface area (Å²) in [5.74, 6) is 0.999. The standard InChI is InChI=1S/C18H26N2O/c21-18(19-11-10-14-6-2-1-3-7-14)17-12-15-8-4-5-9-16(15)13-20-17/h4-5,8-9,14,17,20H,1-3,6-7,10-13H2,(H,19,21)/t17-/m0/s1. The molecule has 3 nitrogen and oxygen atoms in total. The van der Waals surface area contributed by atoms with Gasteiger partial charge in [0.05, 0.1) is 6.04 Å². The Morgan fingerprint density at radius 3 is 2.71 bits per heavy atom. The number of carbonyl (C=O) groups excluding carboxylic acids is 1. The number of nitrogens with one attached hydrogen (secondary N) is 2. The molecule has 1 saturated carbocycles. The van der Waals surface area contributed by atoms with E-state index in [2.05, 4.69) is 34.9 Å². The topological polar surface area (TPSA) is 41.1 Å². The molecular weight excluding hydrogens is 260 g/mol. The van der Waals surface area contributed by atoms with Crippen LogP contribution in [0.5, 0.6) is 0 Å². The molecule has 0 saturated heterocycles. The van der Waals surface area contributed by atoms with Crippen LogP contribution in [0.15, 0.2) is 24.3 Å². The van der Waals surface area contributed by atoms with Crippen LogP contribution in [0.1, 0.15) is 49.7 Å². The molecule has 1 atom stereocenters. The van der Waals surface area contributed by atoms with Gasteiger partial charge in [0.2, 0.25) is 5.91 Å². The number of benzene rings is 1. The summed E-state index contributed by atoms with van der Waals surface area (Å²) in [6.07, 6.45) is 8.81. The highest BCUT2D eigenvalue weighted by molar-refractivity contribution is 5.82. The van der Waals surface area contributed by atoms with Crippen LogP contribution in [0.4, 0.5) is 0 Å². The van der Waals surface area contributed by atoms with Crippen molar-refractivity contribution in [2.24, 2.45) is 5.92 Å². The Morgan fingerprint density at radius 1 is 1.14 bits per heavy atom. The van der Waals surface area contributed by atoms with Gasteiger partial charge in [0.15, 0.2) is 0 Å². The van der Waals surface area contributed by atoms with E-state index in [4.69, 9.17) is 0 Å². The third kappa shape index (κ3) is 3.85. The Labute approximate surface area is 127 Å². The minimum atomic E-state index is -0.0637. The van der Waals surface area contributed by atoms with Crippen LogP contribution in [0.3, 0.4) is 0 Å². The minimum absolute atomic E-state index is 0.0637. The fraction of sp³-hybridized carbons (Fsp3) is 0.611. The predicted molar refractivity (Wildman–Crippen MR) is 85.0 cm³/mol. The van der Waals surface area contributed by atoms with Crippen molar-refractivity contribution < 1.29 is 4.79 Å². The molecule has 2 aliphatic rings. The molecule has 1 aliphatic heterocycles. The molecule has 0 spiro atoms. The lowest BCUT2D eigenvalue weighted by atomic mass is 9.87. The van der Waals surface area contributed by atoms with E-state index in [-0.39, 0.29) is 11.9 Å². The smallest absolute Gasteiger partial charge is 0.237 e. The van der Waals surface area contributed by atoms with E-state index in [0.717, 1.165) is 31.8 Å². The van der Waals surface area contributed by atoms with Gasteiger partial charge in [-0.15, -0.1) is 0 Å². The van der Waals surface area contributed by atoms with E-state index in [9.17, 15) is 4.79 Å². The lowest BCUT2D eigenvalue weighted by molar-refractivity contribution is -0.123. The van der Waals surface area contributed by atoms with Crippen molar-refractivity contribution in [3.63, 3.8) is 0 Å². The Morgan fingerprint density at radius 2 is 1.90 bits per heavy atom. The van der Waals surface area contributed by atoms with E-state index >= 15 is 0 Å². The van der Waals surface area contributed by atoms with Crippen LogP contribution in [-0.2, 0) is 17.8 Å². The van der Waals surface area contributed by atoms with Crippen molar-refractivity contribution in [1.82, 2.24) is 10.6 Å². The normalized spacial score (nSPS) is 22.6. The molecule has 3 heteroatoms. The number of hydrogen-bond donors (Lipinski definition) is 2. The van der Waals surface area contributed by atoms with Crippen LogP contribution >= 0.6 is 0 Å². The molecule has 0 radical (unpaired) electrons. The minimum Gasteiger partial charge on any atom is -0.355 e. The van der Waals surface area contributed by atoms with Crippen LogP contribution in [0.2, 0.25) is 0 Å². The Hall–Kier alpha value is -1.35. The van der Waals surface area contributed by atoms with Crippen LogP contribution < -0.4 is 10.6 Å². The molecule has 1 aromatic carbocycles. The molecule has 1 amide bonds. The zero-order valence-electron chi connectivity index (χ0n) is 12.7. The van der Waals surface area contributed by atoms with Crippen molar-refractivity contribution in [3.8, 4) is 0 Å². The van der Waals surface area contributed by atoms with Gasteiger partial charge >= 0.3 is 0 Å². The molecule has 0 aromatic heterocycles. The Bertz CT molecular complexity index is 480. The SMILES string of the molecule is O=C(NCCC1CCCCC1)[C@@H]1Cc2ccccc2CN1. The maximum absolute atomic E-state index is 12.3. The number of rotatable bonds is 4. The zero-order chi connectivity index (χ0) is 14.5. The molecule has 1 fully saturated rings. The second-order valence-corrected chi connectivity index (χ2v) is 6.49. The van der Waals surface area contributed by atoms with Gasteiger partial charge in [0.25, 0.3) is 0 Å². The van der Waals surface area contributed by atoms with Gasteiger partial charge < -0.3 is 10.6 Å². The van der Waals surface area contributed by atoms with Gasteiger partial charge in [-0.2, -0.15) is 0 Å². The van der Waals surface area contributed by atoms with Gasteiger partial charge in [0.1, 0.15) is 0 Å². The largest absolute Gasteiger partial charge is 0.355 e. The summed E-state index contributed by atoms with van der Waals surface area (Å²) < 4.78 is 0. The third-order valence-electron chi connectivity index (χ3n) is 4.97. The Kier molecular flexibility index (Phi) is 4.91. The first-order valence-corrected chi connectivity index (χ1v) is 8.41. The van der Waals surface area contributed by atoms with Crippen LogP contribution in [0, 0.1) is 5.92 Å². The van der Waals surface area contributed by atoms with Gasteiger partial charge in [-0.3, -0.25) is 4.79 Å². The lowest BCUT2D eigenvalue weighted by Gasteiger charge is -2.26. The highest BCUT2D eigenvalue weighted by Crippen LogP contribution is 2.25. The van der Waals surface area contributed by atoms with Crippen molar-refractivity contribution >= 4 is 5.91 Å². The van der Waals surface area contributed by atoms with E-state index in [1.165, 1.54) is 43.2 Å². The fourth-order valence-electron chi connectivity index (χ4n) is 3.64. The summed E-state index contributed by atoms with van der Waals surface area (Å²) in [6, 6.07) is 8.33. The first kappa shape index (κ1) is 14.6. The average Bonchev–Trinajstić information content (AvgIpc) is 2.55. The maximum Gasteiger partial charge on any atom is 0.237 e. The van der Waals surface area contributed by atoms with E-state index in [1.807, 2.05) is 0 Å². The number of fused-ring (bicyclic) bond motifs is 1. The highest BCUT2D eigenvalue weighted by atomic mass is 16.2. The molecule has 1 aromatic rings. The second-order valence-electron chi connectivity index (χ2n) is 6.49. The maximum atomic E-state index is 12.3. The quantitative estimate of drug-likeness (QED) is 0.893. The third-order valence-corrected chi connectivity index (χ3v) is 4.97. The number of amides is 1. The predicted octanol–water partition coefficient (Wildman–Crippen LogP) is 2.79. The summed E-state index contributed by atoms with van der Waals surface area (Å²) >= 11 is 0. The zero-order valence-corrected chi connectivity index (χ0v) is 12.7. The molecule has 1 aliphatic carbocycles. The van der Waals surface area contributed by atoms with Gasteiger partial charge in [-0.1, -0.05) is 56.4 Å². The van der Waals surface area contributed by atoms with Crippen LogP contribution in [0.25, 0.3) is 0 Å². The molecule has 3 rings (SSSR count). The molecule has 1 heterocycles. The summed E-state index contributed by atoms with van der Waals surface area (Å²) in [6.45, 7) is 1.64. The molecule has 0 bridgehead atoms. The first-order valence-electron chi connectivity index (χ1n) is 8.41. The van der Waals surface area contributed by atoms with Gasteiger partial charge in [-0.05, 0) is 29.9 Å². The van der Waals surface area contributed by atoms with Crippen molar-refractivity contribution in [3.05, 3.63) is 35.4 Å². The van der Waals surface area contributed by atoms with Crippen molar-refractivity contribution in [2.45, 2.75) is 57.5 Å². The summed E-state index contributed by atoms with van der Waals surface area (Å²) in [7, 11) is 0. The first-order chi connectivity index (χ1) is 10.3. The van der Waals surface area contributed by atoms with Crippen molar-refractivity contribution in [2.75, 3.05) is 6.54 Å².